The number of rotatable bonds is 4. The summed E-state index contributed by atoms with van der Waals surface area (Å²) in [4.78, 5) is 14.9. The van der Waals surface area contributed by atoms with E-state index in [-0.39, 0.29) is 0 Å². The number of hydrogen-bond donors (Lipinski definition) is 1. The summed E-state index contributed by atoms with van der Waals surface area (Å²) >= 11 is 0. The molecule has 1 N–H and O–H groups in total. The highest BCUT2D eigenvalue weighted by Gasteiger charge is 2.27. The van der Waals surface area contributed by atoms with Crippen LogP contribution < -0.4 is 5.32 Å². The Kier molecular flexibility index (Phi) is 5.65. The van der Waals surface area contributed by atoms with E-state index in [1.54, 1.807) is 0 Å². The minimum Gasteiger partial charge on any atom is -0.351 e. The number of piperidine rings is 2. The zero-order chi connectivity index (χ0) is 20.3. The van der Waals surface area contributed by atoms with Crippen LogP contribution in [0.5, 0.6) is 0 Å². The van der Waals surface area contributed by atoms with E-state index in [9.17, 15) is 0 Å². The Morgan fingerprint density at radius 3 is 2.27 bits per heavy atom. The molecule has 0 spiro atoms. The molecule has 5 nitrogen and oxygen atoms in total. The van der Waals surface area contributed by atoms with Crippen LogP contribution in [0.3, 0.4) is 0 Å². The smallest absolute Gasteiger partial charge is 0.224 e. The summed E-state index contributed by atoms with van der Waals surface area (Å²) in [5.41, 5.74) is 3.14. The maximum Gasteiger partial charge on any atom is 0.224 e. The van der Waals surface area contributed by atoms with Crippen LogP contribution in [-0.4, -0.2) is 65.1 Å². The molecule has 0 aliphatic carbocycles. The maximum absolute atomic E-state index is 4.94. The molecular formula is C25H31N5. The Bertz CT molecular complexity index is 973. The number of para-hydroxylation sites is 1. The molecule has 30 heavy (non-hydrogen) atoms. The van der Waals surface area contributed by atoms with Gasteiger partial charge in [0.15, 0.2) is 0 Å². The molecule has 0 bridgehead atoms. The van der Waals surface area contributed by atoms with Crippen molar-refractivity contribution in [2.45, 2.75) is 37.8 Å². The molecule has 2 aliphatic rings. The number of nitrogens with one attached hydrogen (secondary N) is 1. The lowest BCUT2D eigenvalue weighted by Gasteiger charge is -2.41. The fraction of sp³-hybridized carbons (Fsp3) is 0.440. The van der Waals surface area contributed by atoms with Crippen molar-refractivity contribution < 1.29 is 0 Å². The molecule has 2 aromatic carbocycles. The number of fused-ring (bicyclic) bond motifs is 1. The maximum atomic E-state index is 4.94. The molecule has 156 valence electrons. The predicted molar refractivity (Wildman–Crippen MR) is 124 cm³/mol. The molecule has 5 rings (SSSR count). The van der Waals surface area contributed by atoms with Crippen LogP contribution >= 0.6 is 0 Å². The van der Waals surface area contributed by atoms with Crippen LogP contribution in [0.2, 0.25) is 0 Å². The van der Waals surface area contributed by atoms with Gasteiger partial charge in [0.05, 0.1) is 11.2 Å². The van der Waals surface area contributed by atoms with E-state index in [0.717, 1.165) is 47.0 Å². The second-order valence-corrected chi connectivity index (χ2v) is 8.77. The molecule has 0 atom stereocenters. The summed E-state index contributed by atoms with van der Waals surface area (Å²) in [5, 5.41) is 4.76. The van der Waals surface area contributed by atoms with Crippen LogP contribution in [0.15, 0.2) is 54.6 Å². The van der Waals surface area contributed by atoms with Gasteiger partial charge in [-0.05, 0) is 51.9 Å². The van der Waals surface area contributed by atoms with E-state index in [1.165, 1.54) is 39.0 Å². The molecule has 5 heteroatoms. The zero-order valence-corrected chi connectivity index (χ0v) is 17.8. The van der Waals surface area contributed by atoms with Gasteiger partial charge in [0.25, 0.3) is 0 Å². The molecule has 2 fully saturated rings. The first kappa shape index (κ1) is 19.5. The molecule has 0 amide bonds. The van der Waals surface area contributed by atoms with Gasteiger partial charge < -0.3 is 15.1 Å². The molecule has 1 aromatic heterocycles. The lowest BCUT2D eigenvalue weighted by molar-refractivity contribution is 0.0993. The Labute approximate surface area is 179 Å². The molecule has 0 saturated carbocycles. The van der Waals surface area contributed by atoms with E-state index in [1.807, 2.05) is 12.1 Å². The van der Waals surface area contributed by atoms with Crippen molar-refractivity contribution in [3.63, 3.8) is 0 Å². The number of benzene rings is 2. The Morgan fingerprint density at radius 2 is 1.50 bits per heavy atom. The van der Waals surface area contributed by atoms with Gasteiger partial charge in [-0.3, -0.25) is 0 Å². The highest BCUT2D eigenvalue weighted by atomic mass is 15.2. The first-order valence-electron chi connectivity index (χ1n) is 11.3. The molecule has 3 heterocycles. The van der Waals surface area contributed by atoms with Crippen LogP contribution in [0.4, 0.5) is 5.95 Å². The van der Waals surface area contributed by atoms with Gasteiger partial charge in [0.1, 0.15) is 0 Å². The Balaban J connectivity index is 1.30. The van der Waals surface area contributed by atoms with Crippen LogP contribution in [0, 0.1) is 0 Å². The summed E-state index contributed by atoms with van der Waals surface area (Å²) in [6, 6.07) is 19.9. The summed E-state index contributed by atoms with van der Waals surface area (Å²) in [6.07, 6.45) is 4.93. The largest absolute Gasteiger partial charge is 0.351 e. The number of aromatic nitrogens is 2. The normalized spacial score (nSPS) is 19.9. The molecule has 0 radical (unpaired) electrons. The molecule has 2 saturated heterocycles. The minimum atomic E-state index is 0.442. The van der Waals surface area contributed by atoms with E-state index in [4.69, 9.17) is 9.97 Å². The van der Waals surface area contributed by atoms with E-state index in [0.29, 0.717) is 6.04 Å². The van der Waals surface area contributed by atoms with Crippen molar-refractivity contribution in [1.82, 2.24) is 19.8 Å². The highest BCUT2D eigenvalue weighted by Crippen LogP contribution is 2.28. The lowest BCUT2D eigenvalue weighted by atomic mass is 9.98. The SMILES string of the molecule is CN1CCC(N2CCC(Nc3nc(-c4ccccc4)c4ccccc4n3)CC2)CC1. The zero-order valence-electron chi connectivity index (χ0n) is 17.8. The van der Waals surface area contributed by atoms with Crippen molar-refractivity contribution in [1.29, 1.82) is 0 Å². The van der Waals surface area contributed by atoms with Crippen molar-refractivity contribution in [2.75, 3.05) is 38.5 Å². The number of nitrogens with zero attached hydrogens (tertiary/aromatic N) is 4. The molecular weight excluding hydrogens is 370 g/mol. The third kappa shape index (κ3) is 4.18. The van der Waals surface area contributed by atoms with Gasteiger partial charge in [-0.2, -0.15) is 0 Å². The Morgan fingerprint density at radius 1 is 0.800 bits per heavy atom. The average Bonchev–Trinajstić information content (AvgIpc) is 2.80. The van der Waals surface area contributed by atoms with Gasteiger partial charge >= 0.3 is 0 Å². The fourth-order valence-corrected chi connectivity index (χ4v) is 4.91. The van der Waals surface area contributed by atoms with Crippen LogP contribution in [0.25, 0.3) is 22.2 Å². The van der Waals surface area contributed by atoms with Gasteiger partial charge in [-0.25, -0.2) is 9.97 Å². The summed E-state index contributed by atoms with van der Waals surface area (Å²) in [5.74, 6) is 0.755. The van der Waals surface area contributed by atoms with Crippen molar-refractivity contribution >= 4 is 16.9 Å². The third-order valence-electron chi connectivity index (χ3n) is 6.72. The van der Waals surface area contributed by atoms with E-state index < -0.39 is 0 Å². The predicted octanol–water partition coefficient (Wildman–Crippen LogP) is 4.27. The molecule has 0 unspecified atom stereocenters. The standard InChI is InChI=1S/C25H31N5/c1-29-15-13-21(14-16-29)30-17-11-20(12-18-30)26-25-27-23-10-6-5-9-22(23)24(28-25)19-7-3-2-4-8-19/h2-10,20-21H,11-18H2,1H3,(H,26,27,28). The Hall–Kier alpha value is -2.50. The van der Waals surface area contributed by atoms with E-state index in [2.05, 4.69) is 64.6 Å². The first-order chi connectivity index (χ1) is 14.8. The van der Waals surface area contributed by atoms with Gasteiger partial charge in [-0.15, -0.1) is 0 Å². The lowest BCUT2D eigenvalue weighted by Crippen LogP contribution is -2.48. The van der Waals surface area contributed by atoms with Crippen molar-refractivity contribution in [3.8, 4) is 11.3 Å². The fourth-order valence-electron chi connectivity index (χ4n) is 4.91. The quantitative estimate of drug-likeness (QED) is 0.707. The second kappa shape index (κ2) is 8.70. The first-order valence-corrected chi connectivity index (χ1v) is 11.3. The monoisotopic (exact) mass is 401 g/mol. The number of hydrogen-bond acceptors (Lipinski definition) is 5. The molecule has 2 aliphatic heterocycles. The third-order valence-corrected chi connectivity index (χ3v) is 6.72. The molecule has 3 aromatic rings. The summed E-state index contributed by atoms with van der Waals surface area (Å²) in [6.45, 7) is 4.81. The minimum absolute atomic E-state index is 0.442. The van der Waals surface area contributed by atoms with E-state index >= 15 is 0 Å². The van der Waals surface area contributed by atoms with Crippen LogP contribution in [-0.2, 0) is 0 Å². The second-order valence-electron chi connectivity index (χ2n) is 8.77. The summed E-state index contributed by atoms with van der Waals surface area (Å²) < 4.78 is 0. The number of anilines is 1. The topological polar surface area (TPSA) is 44.3 Å². The van der Waals surface area contributed by atoms with Crippen LogP contribution in [0.1, 0.15) is 25.7 Å². The van der Waals surface area contributed by atoms with Crippen molar-refractivity contribution in [2.24, 2.45) is 0 Å². The van der Waals surface area contributed by atoms with Gasteiger partial charge in [0, 0.05) is 36.1 Å². The highest BCUT2D eigenvalue weighted by molar-refractivity contribution is 5.93. The van der Waals surface area contributed by atoms with Gasteiger partial charge in [-0.1, -0.05) is 48.5 Å². The van der Waals surface area contributed by atoms with Crippen molar-refractivity contribution in [3.05, 3.63) is 54.6 Å². The van der Waals surface area contributed by atoms with Gasteiger partial charge in [0.2, 0.25) is 5.95 Å². The summed E-state index contributed by atoms with van der Waals surface area (Å²) in [7, 11) is 2.24. The average molecular weight is 402 g/mol. The number of likely N-dealkylation sites (tertiary alicyclic amines) is 2.